The van der Waals surface area contributed by atoms with Gasteiger partial charge in [0.2, 0.25) is 0 Å². The van der Waals surface area contributed by atoms with Crippen molar-refractivity contribution in [2.75, 3.05) is 0 Å². The summed E-state index contributed by atoms with van der Waals surface area (Å²) in [6.45, 7) is 4.11. The number of Topliss-reactive ketones (excluding diaryl/α,β-unsaturated/α-hetero) is 1. The summed E-state index contributed by atoms with van der Waals surface area (Å²) in [7, 11) is 0. The van der Waals surface area contributed by atoms with E-state index < -0.39 is 0 Å². The number of hydrogen-bond donors (Lipinski definition) is 0. The Kier molecular flexibility index (Phi) is 2.44. The Morgan fingerprint density at radius 2 is 1.77 bits per heavy atom. The van der Waals surface area contributed by atoms with E-state index in [4.69, 9.17) is 0 Å². The van der Waals surface area contributed by atoms with Crippen LogP contribution in [0, 0.1) is 23.7 Å². The lowest BCUT2D eigenvalue weighted by Crippen LogP contribution is -2.15. The standard InChI is InChI=1S/C12H20O/c1-8-3-5-10(6-4-8)12-7-11(12)9(2)13/h8,10-12H,3-7H2,1-2H3. The number of ketones is 1. The highest BCUT2D eigenvalue weighted by Crippen LogP contribution is 2.50. The molecule has 2 fully saturated rings. The van der Waals surface area contributed by atoms with Crippen LogP contribution in [0.15, 0.2) is 0 Å². The summed E-state index contributed by atoms with van der Waals surface area (Å²) >= 11 is 0. The molecule has 2 aliphatic carbocycles. The lowest BCUT2D eigenvalue weighted by Gasteiger charge is -2.26. The van der Waals surface area contributed by atoms with Crippen LogP contribution in [0.1, 0.15) is 46.0 Å². The molecule has 2 saturated carbocycles. The molecule has 0 N–H and O–H groups in total. The van der Waals surface area contributed by atoms with Gasteiger partial charge < -0.3 is 0 Å². The third kappa shape index (κ3) is 1.95. The SMILES string of the molecule is CC(=O)C1CC1C1CCC(C)CC1. The summed E-state index contributed by atoms with van der Waals surface area (Å²) in [6, 6.07) is 0. The third-order valence-electron chi connectivity index (χ3n) is 4.03. The Morgan fingerprint density at radius 3 is 2.23 bits per heavy atom. The average molecular weight is 180 g/mol. The fourth-order valence-electron chi connectivity index (χ4n) is 2.92. The molecule has 2 aliphatic rings. The van der Waals surface area contributed by atoms with Gasteiger partial charge in [-0.15, -0.1) is 0 Å². The topological polar surface area (TPSA) is 17.1 Å². The van der Waals surface area contributed by atoms with Crippen LogP contribution in [0.5, 0.6) is 0 Å². The minimum absolute atomic E-state index is 0.434. The van der Waals surface area contributed by atoms with Crippen LogP contribution in [-0.2, 0) is 4.79 Å². The van der Waals surface area contributed by atoms with Gasteiger partial charge in [0.05, 0.1) is 0 Å². The van der Waals surface area contributed by atoms with E-state index in [0.29, 0.717) is 11.7 Å². The number of hydrogen-bond acceptors (Lipinski definition) is 1. The van der Waals surface area contributed by atoms with Crippen molar-refractivity contribution in [1.29, 1.82) is 0 Å². The Bertz CT molecular complexity index is 201. The van der Waals surface area contributed by atoms with Gasteiger partial charge in [0.1, 0.15) is 5.78 Å². The van der Waals surface area contributed by atoms with E-state index in [1.807, 2.05) is 0 Å². The molecular weight excluding hydrogens is 160 g/mol. The smallest absolute Gasteiger partial charge is 0.133 e. The first-order valence-electron chi connectivity index (χ1n) is 5.69. The van der Waals surface area contributed by atoms with Gasteiger partial charge in [-0.05, 0) is 43.9 Å². The molecule has 0 spiro atoms. The van der Waals surface area contributed by atoms with Crippen LogP contribution in [0.25, 0.3) is 0 Å². The van der Waals surface area contributed by atoms with Gasteiger partial charge in [-0.1, -0.05) is 19.8 Å². The highest BCUT2D eigenvalue weighted by molar-refractivity contribution is 5.81. The number of rotatable bonds is 2. The lowest BCUT2D eigenvalue weighted by molar-refractivity contribution is -0.118. The molecule has 0 aromatic carbocycles. The fraction of sp³-hybridized carbons (Fsp3) is 0.917. The second-order valence-corrected chi connectivity index (χ2v) is 5.14. The fourth-order valence-corrected chi connectivity index (χ4v) is 2.92. The molecular formula is C12H20O. The maximum absolute atomic E-state index is 11.1. The predicted molar refractivity (Wildman–Crippen MR) is 53.4 cm³/mol. The van der Waals surface area contributed by atoms with Gasteiger partial charge in [-0.2, -0.15) is 0 Å². The first-order valence-corrected chi connectivity index (χ1v) is 5.69. The zero-order valence-electron chi connectivity index (χ0n) is 8.75. The van der Waals surface area contributed by atoms with Gasteiger partial charge in [-0.25, -0.2) is 0 Å². The Balaban J connectivity index is 1.81. The summed E-state index contributed by atoms with van der Waals surface area (Å²) < 4.78 is 0. The Hall–Kier alpha value is -0.330. The first-order chi connectivity index (χ1) is 6.18. The quantitative estimate of drug-likeness (QED) is 0.638. The zero-order valence-corrected chi connectivity index (χ0v) is 8.75. The molecule has 0 aromatic rings. The van der Waals surface area contributed by atoms with Crippen LogP contribution in [0.3, 0.4) is 0 Å². The van der Waals surface area contributed by atoms with E-state index in [-0.39, 0.29) is 0 Å². The highest BCUT2D eigenvalue weighted by atomic mass is 16.1. The lowest BCUT2D eigenvalue weighted by atomic mass is 9.80. The number of carbonyl (C=O) groups is 1. The van der Waals surface area contributed by atoms with Crippen molar-refractivity contribution in [1.82, 2.24) is 0 Å². The molecule has 0 aromatic heterocycles. The third-order valence-corrected chi connectivity index (χ3v) is 4.03. The maximum atomic E-state index is 11.1. The van der Waals surface area contributed by atoms with Crippen molar-refractivity contribution in [3.05, 3.63) is 0 Å². The minimum Gasteiger partial charge on any atom is -0.300 e. The number of carbonyl (C=O) groups excluding carboxylic acids is 1. The van der Waals surface area contributed by atoms with Gasteiger partial charge >= 0.3 is 0 Å². The average Bonchev–Trinajstić information content (AvgIpc) is 2.85. The van der Waals surface area contributed by atoms with E-state index in [2.05, 4.69) is 6.92 Å². The Morgan fingerprint density at radius 1 is 1.15 bits per heavy atom. The van der Waals surface area contributed by atoms with Crippen molar-refractivity contribution in [3.63, 3.8) is 0 Å². The van der Waals surface area contributed by atoms with E-state index in [9.17, 15) is 4.79 Å². The zero-order chi connectivity index (χ0) is 9.42. The molecule has 0 radical (unpaired) electrons. The summed E-state index contributed by atoms with van der Waals surface area (Å²) in [4.78, 5) is 11.1. The first kappa shape index (κ1) is 9.23. The van der Waals surface area contributed by atoms with E-state index in [1.165, 1.54) is 32.1 Å². The van der Waals surface area contributed by atoms with Crippen LogP contribution >= 0.6 is 0 Å². The molecule has 2 unspecified atom stereocenters. The molecule has 1 nitrogen and oxygen atoms in total. The molecule has 2 rings (SSSR count). The van der Waals surface area contributed by atoms with Crippen molar-refractivity contribution in [2.24, 2.45) is 23.7 Å². The van der Waals surface area contributed by atoms with Crippen LogP contribution < -0.4 is 0 Å². The molecule has 0 heterocycles. The Labute approximate surface area is 80.9 Å². The van der Waals surface area contributed by atoms with Crippen molar-refractivity contribution in [2.45, 2.75) is 46.0 Å². The monoisotopic (exact) mass is 180 g/mol. The largest absolute Gasteiger partial charge is 0.300 e. The van der Waals surface area contributed by atoms with Crippen molar-refractivity contribution in [3.8, 4) is 0 Å². The van der Waals surface area contributed by atoms with Gasteiger partial charge in [-0.3, -0.25) is 4.79 Å². The molecule has 0 aliphatic heterocycles. The molecule has 0 bridgehead atoms. The molecule has 0 amide bonds. The molecule has 0 saturated heterocycles. The van der Waals surface area contributed by atoms with Crippen LogP contribution in [0.2, 0.25) is 0 Å². The van der Waals surface area contributed by atoms with Crippen molar-refractivity contribution >= 4 is 5.78 Å². The predicted octanol–water partition coefficient (Wildman–Crippen LogP) is 3.04. The summed E-state index contributed by atoms with van der Waals surface area (Å²) in [5.41, 5.74) is 0. The molecule has 1 heteroatoms. The highest BCUT2D eigenvalue weighted by Gasteiger charge is 2.45. The maximum Gasteiger partial charge on any atom is 0.133 e. The van der Waals surface area contributed by atoms with E-state index in [0.717, 1.165) is 17.8 Å². The summed E-state index contributed by atoms with van der Waals surface area (Å²) in [6.07, 6.45) is 6.76. The van der Waals surface area contributed by atoms with Gasteiger partial charge in [0.15, 0.2) is 0 Å². The minimum atomic E-state index is 0.434. The normalized spacial score (nSPS) is 44.5. The van der Waals surface area contributed by atoms with E-state index in [1.54, 1.807) is 6.92 Å². The molecule has 74 valence electrons. The molecule has 2 atom stereocenters. The van der Waals surface area contributed by atoms with Gasteiger partial charge in [0.25, 0.3) is 0 Å². The van der Waals surface area contributed by atoms with Gasteiger partial charge in [0, 0.05) is 5.92 Å². The summed E-state index contributed by atoms with van der Waals surface area (Å²) in [5.74, 6) is 3.50. The van der Waals surface area contributed by atoms with Crippen LogP contribution in [-0.4, -0.2) is 5.78 Å². The summed E-state index contributed by atoms with van der Waals surface area (Å²) in [5, 5.41) is 0. The van der Waals surface area contributed by atoms with E-state index >= 15 is 0 Å². The van der Waals surface area contributed by atoms with Crippen LogP contribution in [0.4, 0.5) is 0 Å². The second-order valence-electron chi connectivity index (χ2n) is 5.14. The molecule has 13 heavy (non-hydrogen) atoms. The second kappa shape index (κ2) is 3.43. The van der Waals surface area contributed by atoms with Crippen molar-refractivity contribution < 1.29 is 4.79 Å².